The van der Waals surface area contributed by atoms with Crippen molar-refractivity contribution in [3.8, 4) is 0 Å². The molecule has 0 amide bonds. The van der Waals surface area contributed by atoms with Crippen LogP contribution >= 0.6 is 0 Å². The summed E-state index contributed by atoms with van der Waals surface area (Å²) in [6.07, 6.45) is -2.44. The van der Waals surface area contributed by atoms with Gasteiger partial charge in [-0.2, -0.15) is 13.8 Å². The van der Waals surface area contributed by atoms with E-state index >= 15 is 0 Å². The molecule has 108 valence electrons. The molecule has 0 saturated carbocycles. The topological polar surface area (TPSA) is 12.5 Å². The minimum Gasteiger partial charge on any atom is -0.228 e. The van der Waals surface area contributed by atoms with Crippen LogP contribution in [0.4, 0.5) is 8.78 Å². The molecule has 2 aliphatic rings. The van der Waals surface area contributed by atoms with Gasteiger partial charge >= 0.3 is 6.11 Å². The van der Waals surface area contributed by atoms with Crippen molar-refractivity contribution in [3.63, 3.8) is 0 Å². The summed E-state index contributed by atoms with van der Waals surface area (Å²) in [6.45, 7) is 0.501. The van der Waals surface area contributed by atoms with Gasteiger partial charge < -0.3 is 0 Å². The number of halogens is 2. The third kappa shape index (κ3) is 1.98. The number of nitrogens with zero attached hydrogens (tertiary/aromatic N) is 1. The Morgan fingerprint density at radius 1 is 1.00 bits per heavy atom. The first kappa shape index (κ1) is 12.9. The number of hydroxylamine groups is 2. The molecule has 4 rings (SSSR count). The van der Waals surface area contributed by atoms with Crippen molar-refractivity contribution in [2.75, 3.05) is 6.54 Å². The summed E-state index contributed by atoms with van der Waals surface area (Å²) in [5.41, 5.74) is 2.71. The summed E-state index contributed by atoms with van der Waals surface area (Å²) in [6, 6.07) is 16.3. The fourth-order valence-electron chi connectivity index (χ4n) is 3.46. The normalized spacial score (nSPS) is 27.1. The fraction of sp³-hybridized carbons (Fsp3) is 0.294. The maximum atomic E-state index is 14.4. The first-order chi connectivity index (χ1) is 10.2. The highest BCUT2D eigenvalue weighted by molar-refractivity contribution is 5.37. The predicted molar refractivity (Wildman–Crippen MR) is 74.8 cm³/mol. The quantitative estimate of drug-likeness (QED) is 0.788. The van der Waals surface area contributed by atoms with Crippen molar-refractivity contribution in [2.45, 2.75) is 24.5 Å². The fourth-order valence-corrected chi connectivity index (χ4v) is 3.46. The van der Waals surface area contributed by atoms with Gasteiger partial charge in [-0.1, -0.05) is 54.6 Å². The van der Waals surface area contributed by atoms with Crippen molar-refractivity contribution in [1.82, 2.24) is 5.06 Å². The second-order valence-electron chi connectivity index (χ2n) is 5.58. The Morgan fingerprint density at radius 3 is 2.52 bits per heavy atom. The highest BCUT2D eigenvalue weighted by Gasteiger charge is 2.58. The second-order valence-corrected chi connectivity index (χ2v) is 5.58. The van der Waals surface area contributed by atoms with E-state index in [1.54, 1.807) is 24.3 Å². The van der Waals surface area contributed by atoms with Crippen molar-refractivity contribution in [2.24, 2.45) is 0 Å². The van der Waals surface area contributed by atoms with Gasteiger partial charge in [0.15, 0.2) is 0 Å². The Balaban J connectivity index is 1.85. The minimum atomic E-state index is -3.18. The molecule has 1 saturated heterocycles. The third-order valence-corrected chi connectivity index (χ3v) is 4.36. The van der Waals surface area contributed by atoms with Crippen LogP contribution in [0, 0.1) is 0 Å². The molecule has 2 aliphatic heterocycles. The Morgan fingerprint density at radius 2 is 1.71 bits per heavy atom. The Labute approximate surface area is 121 Å². The number of hydrogen-bond acceptors (Lipinski definition) is 2. The molecule has 21 heavy (non-hydrogen) atoms. The lowest BCUT2D eigenvalue weighted by Crippen LogP contribution is -2.31. The van der Waals surface area contributed by atoms with Gasteiger partial charge in [0.05, 0.1) is 12.0 Å². The Bertz CT molecular complexity index is 659. The average Bonchev–Trinajstić information content (AvgIpc) is 2.78. The molecular formula is C17H15F2NO. The molecule has 0 bridgehead atoms. The summed E-state index contributed by atoms with van der Waals surface area (Å²) in [5.74, 6) is -0.972. The van der Waals surface area contributed by atoms with E-state index in [2.05, 4.69) is 0 Å². The first-order valence-electron chi connectivity index (χ1n) is 7.13. The van der Waals surface area contributed by atoms with E-state index < -0.39 is 18.1 Å². The van der Waals surface area contributed by atoms with Crippen molar-refractivity contribution in [1.29, 1.82) is 0 Å². The van der Waals surface area contributed by atoms with Crippen LogP contribution in [0.15, 0.2) is 54.6 Å². The largest absolute Gasteiger partial charge is 0.379 e. The van der Waals surface area contributed by atoms with Crippen molar-refractivity contribution < 1.29 is 13.6 Å². The minimum absolute atomic E-state index is 0.424. The maximum Gasteiger partial charge on any atom is 0.379 e. The van der Waals surface area contributed by atoms with E-state index in [0.717, 1.165) is 17.5 Å². The lowest BCUT2D eigenvalue weighted by molar-refractivity contribution is -0.315. The van der Waals surface area contributed by atoms with Gasteiger partial charge in [-0.05, 0) is 23.1 Å². The van der Waals surface area contributed by atoms with E-state index in [0.29, 0.717) is 12.1 Å². The smallest absolute Gasteiger partial charge is 0.228 e. The molecule has 0 N–H and O–H groups in total. The van der Waals surface area contributed by atoms with Crippen LogP contribution in [0.5, 0.6) is 0 Å². The zero-order chi connectivity index (χ0) is 14.4. The number of hydrogen-bond donors (Lipinski definition) is 0. The molecule has 1 fully saturated rings. The standard InChI is InChI=1S/C17H15F2NO/c18-17(19)15(13-7-2-1-3-8-13)16-14-9-5-4-6-12(14)10-11-20(16)21-17/h1-9,15-16H,10-11H2/t15-,16-/m1/s1. The Hall–Kier alpha value is -1.78. The molecule has 4 heteroatoms. The molecule has 0 unspecified atom stereocenters. The van der Waals surface area contributed by atoms with Crippen LogP contribution in [0.3, 0.4) is 0 Å². The lowest BCUT2D eigenvalue weighted by Gasteiger charge is -2.31. The van der Waals surface area contributed by atoms with Crippen LogP contribution in [-0.4, -0.2) is 17.7 Å². The van der Waals surface area contributed by atoms with Gasteiger partial charge in [-0.3, -0.25) is 0 Å². The SMILES string of the molecule is FC1(F)ON2CCc3ccccc3[C@@H]2[C@H]1c1ccccc1. The molecule has 2 nitrogen and oxygen atoms in total. The molecule has 2 atom stereocenters. The zero-order valence-electron chi connectivity index (χ0n) is 11.4. The van der Waals surface area contributed by atoms with E-state index in [4.69, 9.17) is 4.84 Å². The highest BCUT2D eigenvalue weighted by atomic mass is 19.3. The van der Waals surface area contributed by atoms with Crippen LogP contribution in [0.1, 0.15) is 28.7 Å². The maximum absolute atomic E-state index is 14.4. The zero-order valence-corrected chi connectivity index (χ0v) is 11.4. The van der Waals surface area contributed by atoms with E-state index in [1.165, 1.54) is 5.06 Å². The van der Waals surface area contributed by atoms with Gasteiger partial charge in [-0.15, -0.1) is 0 Å². The number of alkyl halides is 2. The summed E-state index contributed by atoms with van der Waals surface area (Å²) in [4.78, 5) is 4.98. The molecule has 0 radical (unpaired) electrons. The highest BCUT2D eigenvalue weighted by Crippen LogP contribution is 2.54. The van der Waals surface area contributed by atoms with Gasteiger partial charge in [0.25, 0.3) is 0 Å². The monoisotopic (exact) mass is 287 g/mol. The van der Waals surface area contributed by atoms with Gasteiger partial charge in [-0.25, -0.2) is 4.84 Å². The molecular weight excluding hydrogens is 272 g/mol. The molecule has 2 aromatic carbocycles. The average molecular weight is 287 g/mol. The Kier molecular flexibility index (Phi) is 2.84. The van der Waals surface area contributed by atoms with Crippen LogP contribution < -0.4 is 0 Å². The molecule has 0 aliphatic carbocycles. The van der Waals surface area contributed by atoms with E-state index in [-0.39, 0.29) is 0 Å². The lowest BCUT2D eigenvalue weighted by atomic mass is 9.82. The van der Waals surface area contributed by atoms with Crippen LogP contribution in [-0.2, 0) is 11.3 Å². The van der Waals surface area contributed by atoms with Gasteiger partial charge in [0, 0.05) is 6.54 Å². The van der Waals surface area contributed by atoms with Gasteiger partial charge in [0.2, 0.25) is 0 Å². The number of fused-ring (bicyclic) bond motifs is 3. The van der Waals surface area contributed by atoms with Crippen LogP contribution in [0.2, 0.25) is 0 Å². The summed E-state index contributed by atoms with van der Waals surface area (Å²) in [5, 5.41) is 1.46. The van der Waals surface area contributed by atoms with Crippen molar-refractivity contribution >= 4 is 0 Å². The second kappa shape index (κ2) is 4.61. The van der Waals surface area contributed by atoms with Crippen LogP contribution in [0.25, 0.3) is 0 Å². The summed E-state index contributed by atoms with van der Waals surface area (Å²) in [7, 11) is 0. The molecule has 2 heterocycles. The predicted octanol–water partition coefficient (Wildman–Crippen LogP) is 3.91. The number of benzene rings is 2. The summed E-state index contributed by atoms with van der Waals surface area (Å²) < 4.78 is 28.9. The van der Waals surface area contributed by atoms with E-state index in [9.17, 15) is 8.78 Å². The van der Waals surface area contributed by atoms with Crippen molar-refractivity contribution in [3.05, 3.63) is 71.3 Å². The first-order valence-corrected chi connectivity index (χ1v) is 7.13. The molecule has 2 aromatic rings. The molecule has 0 spiro atoms. The summed E-state index contributed by atoms with van der Waals surface area (Å²) >= 11 is 0. The molecule has 0 aromatic heterocycles. The number of rotatable bonds is 1. The van der Waals surface area contributed by atoms with Gasteiger partial charge in [0.1, 0.15) is 0 Å². The third-order valence-electron chi connectivity index (χ3n) is 4.36. The van der Waals surface area contributed by atoms with E-state index in [1.807, 2.05) is 30.3 Å².